The number of hydrogen-bond donors (Lipinski definition) is 1. The summed E-state index contributed by atoms with van der Waals surface area (Å²) < 4.78 is 9.85. The summed E-state index contributed by atoms with van der Waals surface area (Å²) in [7, 11) is 3.04. The average Bonchev–Trinajstić information content (AvgIpc) is 2.36. The third-order valence-corrected chi connectivity index (χ3v) is 2.92. The number of carbonyl (C=O) groups excluding carboxylic acids is 1. The minimum absolute atomic E-state index is 0.275. The first-order chi connectivity index (χ1) is 8.61. The van der Waals surface area contributed by atoms with Gasteiger partial charge in [-0.1, -0.05) is 18.2 Å². The molecule has 0 heterocycles. The molecule has 0 spiro atoms. The van der Waals surface area contributed by atoms with Gasteiger partial charge in [0, 0.05) is 13.7 Å². The normalized spacial score (nSPS) is 12.2. The molecule has 4 heteroatoms. The van der Waals surface area contributed by atoms with Gasteiger partial charge in [0.05, 0.1) is 13.7 Å². The van der Waals surface area contributed by atoms with E-state index in [0.717, 1.165) is 16.7 Å². The quantitative estimate of drug-likeness (QED) is 0.618. The predicted molar refractivity (Wildman–Crippen MR) is 70.6 cm³/mol. The SMILES string of the molecule is COCCNC(C(=O)OC)c1c(C)cccc1C. The summed E-state index contributed by atoms with van der Waals surface area (Å²) >= 11 is 0. The van der Waals surface area contributed by atoms with Crippen LogP contribution in [0.1, 0.15) is 22.7 Å². The van der Waals surface area contributed by atoms with Crippen molar-refractivity contribution in [2.24, 2.45) is 0 Å². The first kappa shape index (κ1) is 14.7. The Labute approximate surface area is 108 Å². The standard InChI is InChI=1S/C14H21NO3/c1-10-6-5-7-11(2)12(10)13(14(16)18-4)15-8-9-17-3/h5-7,13,15H,8-9H2,1-4H3. The van der Waals surface area contributed by atoms with E-state index in [1.54, 1.807) is 7.11 Å². The van der Waals surface area contributed by atoms with Gasteiger partial charge in [0.25, 0.3) is 0 Å². The van der Waals surface area contributed by atoms with E-state index in [1.165, 1.54) is 7.11 Å². The van der Waals surface area contributed by atoms with E-state index in [0.29, 0.717) is 13.2 Å². The average molecular weight is 251 g/mol. The molecule has 100 valence electrons. The van der Waals surface area contributed by atoms with E-state index >= 15 is 0 Å². The highest BCUT2D eigenvalue weighted by Crippen LogP contribution is 2.22. The first-order valence-corrected chi connectivity index (χ1v) is 5.98. The summed E-state index contributed by atoms with van der Waals surface area (Å²) in [5.74, 6) is -0.275. The smallest absolute Gasteiger partial charge is 0.327 e. The topological polar surface area (TPSA) is 47.6 Å². The minimum atomic E-state index is -0.439. The van der Waals surface area contributed by atoms with Crippen molar-refractivity contribution in [2.75, 3.05) is 27.4 Å². The Hall–Kier alpha value is -1.39. The van der Waals surface area contributed by atoms with Gasteiger partial charge in [-0.3, -0.25) is 5.32 Å². The van der Waals surface area contributed by atoms with Crippen molar-refractivity contribution in [1.29, 1.82) is 0 Å². The lowest BCUT2D eigenvalue weighted by Gasteiger charge is -2.20. The van der Waals surface area contributed by atoms with E-state index in [4.69, 9.17) is 9.47 Å². The van der Waals surface area contributed by atoms with Crippen molar-refractivity contribution in [1.82, 2.24) is 5.32 Å². The lowest BCUT2D eigenvalue weighted by Crippen LogP contribution is -2.33. The van der Waals surface area contributed by atoms with Gasteiger partial charge >= 0.3 is 5.97 Å². The Bertz CT molecular complexity index is 384. The molecular formula is C14H21NO3. The Kier molecular flexibility index (Phi) is 5.82. The molecule has 1 unspecified atom stereocenters. The van der Waals surface area contributed by atoms with E-state index in [2.05, 4.69) is 5.32 Å². The van der Waals surface area contributed by atoms with E-state index in [9.17, 15) is 4.79 Å². The first-order valence-electron chi connectivity index (χ1n) is 5.98. The Morgan fingerprint density at radius 2 is 1.89 bits per heavy atom. The van der Waals surface area contributed by atoms with Crippen molar-refractivity contribution in [3.05, 3.63) is 34.9 Å². The Morgan fingerprint density at radius 1 is 1.28 bits per heavy atom. The van der Waals surface area contributed by atoms with E-state index < -0.39 is 6.04 Å². The van der Waals surface area contributed by atoms with Gasteiger partial charge in [-0.2, -0.15) is 0 Å². The molecule has 18 heavy (non-hydrogen) atoms. The fourth-order valence-corrected chi connectivity index (χ4v) is 2.01. The van der Waals surface area contributed by atoms with Crippen LogP contribution in [0.5, 0.6) is 0 Å². The third-order valence-electron chi connectivity index (χ3n) is 2.92. The molecule has 1 atom stereocenters. The van der Waals surface area contributed by atoms with Crippen molar-refractivity contribution >= 4 is 5.97 Å². The Balaban J connectivity index is 2.98. The second-order valence-corrected chi connectivity index (χ2v) is 4.21. The lowest BCUT2D eigenvalue weighted by molar-refractivity contribution is -0.143. The summed E-state index contributed by atoms with van der Waals surface area (Å²) in [5, 5.41) is 3.17. The van der Waals surface area contributed by atoms with Gasteiger partial charge in [0.2, 0.25) is 0 Å². The van der Waals surface area contributed by atoms with Crippen LogP contribution in [0.25, 0.3) is 0 Å². The molecule has 0 radical (unpaired) electrons. The molecule has 0 saturated heterocycles. The van der Waals surface area contributed by atoms with Gasteiger partial charge in [-0.05, 0) is 30.5 Å². The molecule has 0 aromatic heterocycles. The predicted octanol–water partition coefficient (Wildman–Crippen LogP) is 1.75. The number of methoxy groups -OCH3 is 2. The maximum Gasteiger partial charge on any atom is 0.327 e. The number of rotatable bonds is 6. The van der Waals surface area contributed by atoms with Crippen LogP contribution >= 0.6 is 0 Å². The van der Waals surface area contributed by atoms with Crippen LogP contribution < -0.4 is 5.32 Å². The molecule has 0 aliphatic heterocycles. The largest absolute Gasteiger partial charge is 0.468 e. The lowest BCUT2D eigenvalue weighted by atomic mass is 9.96. The molecular weight excluding hydrogens is 230 g/mol. The zero-order chi connectivity index (χ0) is 13.5. The summed E-state index contributed by atoms with van der Waals surface area (Å²) in [5.41, 5.74) is 3.14. The van der Waals surface area contributed by atoms with Crippen LogP contribution in [0.15, 0.2) is 18.2 Å². The molecule has 1 aromatic carbocycles. The number of nitrogens with one attached hydrogen (secondary N) is 1. The Morgan fingerprint density at radius 3 is 2.39 bits per heavy atom. The highest BCUT2D eigenvalue weighted by molar-refractivity contribution is 5.78. The number of hydrogen-bond acceptors (Lipinski definition) is 4. The van der Waals surface area contributed by atoms with Crippen LogP contribution in [0, 0.1) is 13.8 Å². The summed E-state index contributed by atoms with van der Waals surface area (Å²) in [6.07, 6.45) is 0. The van der Waals surface area contributed by atoms with Crippen LogP contribution in [-0.4, -0.2) is 33.3 Å². The number of aryl methyl sites for hydroxylation is 2. The summed E-state index contributed by atoms with van der Waals surface area (Å²) in [4.78, 5) is 11.9. The molecule has 1 aromatic rings. The van der Waals surface area contributed by atoms with Gasteiger partial charge in [0.15, 0.2) is 0 Å². The fourth-order valence-electron chi connectivity index (χ4n) is 2.01. The monoisotopic (exact) mass is 251 g/mol. The fraction of sp³-hybridized carbons (Fsp3) is 0.500. The van der Waals surface area contributed by atoms with Crippen LogP contribution in [0.3, 0.4) is 0 Å². The van der Waals surface area contributed by atoms with Crippen LogP contribution in [-0.2, 0) is 14.3 Å². The summed E-state index contributed by atoms with van der Waals surface area (Å²) in [6.45, 7) is 5.15. The van der Waals surface area contributed by atoms with E-state index in [-0.39, 0.29) is 5.97 Å². The molecule has 1 N–H and O–H groups in total. The number of benzene rings is 1. The van der Waals surface area contributed by atoms with Crippen molar-refractivity contribution in [3.63, 3.8) is 0 Å². The van der Waals surface area contributed by atoms with Crippen molar-refractivity contribution < 1.29 is 14.3 Å². The summed E-state index contributed by atoms with van der Waals surface area (Å²) in [6, 6.07) is 5.54. The molecule has 0 saturated carbocycles. The van der Waals surface area contributed by atoms with Gasteiger partial charge in [0.1, 0.15) is 6.04 Å². The maximum atomic E-state index is 11.9. The van der Waals surface area contributed by atoms with E-state index in [1.807, 2.05) is 32.0 Å². The zero-order valence-electron chi connectivity index (χ0n) is 11.4. The second-order valence-electron chi connectivity index (χ2n) is 4.21. The van der Waals surface area contributed by atoms with Crippen LogP contribution in [0.4, 0.5) is 0 Å². The molecule has 0 aliphatic carbocycles. The molecule has 0 aliphatic rings. The molecule has 0 fully saturated rings. The number of ether oxygens (including phenoxy) is 2. The number of esters is 1. The molecule has 0 amide bonds. The minimum Gasteiger partial charge on any atom is -0.468 e. The highest BCUT2D eigenvalue weighted by atomic mass is 16.5. The van der Waals surface area contributed by atoms with Gasteiger partial charge in [-0.15, -0.1) is 0 Å². The number of carbonyl (C=O) groups is 1. The highest BCUT2D eigenvalue weighted by Gasteiger charge is 2.23. The van der Waals surface area contributed by atoms with Crippen molar-refractivity contribution in [3.8, 4) is 0 Å². The maximum absolute atomic E-state index is 11.9. The molecule has 4 nitrogen and oxygen atoms in total. The van der Waals surface area contributed by atoms with Gasteiger partial charge in [-0.25, -0.2) is 4.79 Å². The molecule has 1 rings (SSSR count). The zero-order valence-corrected chi connectivity index (χ0v) is 11.4. The molecule has 0 bridgehead atoms. The van der Waals surface area contributed by atoms with Crippen molar-refractivity contribution in [2.45, 2.75) is 19.9 Å². The van der Waals surface area contributed by atoms with Crippen LogP contribution in [0.2, 0.25) is 0 Å². The van der Waals surface area contributed by atoms with Gasteiger partial charge < -0.3 is 9.47 Å². The second kappa shape index (κ2) is 7.13. The third kappa shape index (κ3) is 3.55.